The molecule has 1 aliphatic heterocycles. The molecule has 2 N–H and O–H groups in total. The van der Waals surface area contributed by atoms with Gasteiger partial charge < -0.3 is 9.40 Å². The fraction of sp³-hybridized carbons (Fsp3) is 0.357. The molecule has 0 saturated heterocycles. The van der Waals surface area contributed by atoms with Crippen molar-refractivity contribution in [2.24, 2.45) is 0 Å². The number of aromatic nitrogens is 2. The van der Waals surface area contributed by atoms with Crippen LogP contribution in [0.25, 0.3) is 11.0 Å². The van der Waals surface area contributed by atoms with Crippen molar-refractivity contribution in [3.8, 4) is 0 Å². The van der Waals surface area contributed by atoms with E-state index < -0.39 is 10.0 Å². The normalized spacial score (nSPS) is 18.9. The number of allylic oxidation sites excluding steroid dienone is 1. The Kier molecular flexibility index (Phi) is 3.90. The molecule has 0 bridgehead atoms. The summed E-state index contributed by atoms with van der Waals surface area (Å²) in [5.41, 5.74) is 4.52. The highest BCUT2D eigenvalue weighted by Gasteiger charge is 2.31. The molecule has 0 aliphatic carbocycles. The van der Waals surface area contributed by atoms with E-state index in [0.29, 0.717) is 12.3 Å². The second-order valence-corrected chi connectivity index (χ2v) is 6.92. The molecule has 118 valence electrons. The highest BCUT2D eigenvalue weighted by molar-refractivity contribution is 7.93. The van der Waals surface area contributed by atoms with Crippen molar-refractivity contribution < 1.29 is 13.3 Å². The van der Waals surface area contributed by atoms with Crippen LogP contribution in [0.4, 0.5) is 0 Å². The number of nitrogens with one attached hydrogen (secondary N) is 2. The molecule has 1 unspecified atom stereocenters. The molecule has 0 fully saturated rings. The number of imidazole rings is 1. The molecule has 0 saturated carbocycles. The lowest BCUT2D eigenvalue weighted by Crippen LogP contribution is -2.33. The number of sulfonamides is 1. The van der Waals surface area contributed by atoms with E-state index in [1.165, 1.54) is 0 Å². The minimum atomic E-state index is -3.56. The van der Waals surface area contributed by atoms with Gasteiger partial charge in [0.05, 0.1) is 23.4 Å². The fourth-order valence-electron chi connectivity index (χ4n) is 2.57. The van der Waals surface area contributed by atoms with Crippen molar-refractivity contribution in [1.82, 2.24) is 19.8 Å². The zero-order chi connectivity index (χ0) is 15.7. The van der Waals surface area contributed by atoms with Crippen molar-refractivity contribution in [3.63, 3.8) is 0 Å². The quantitative estimate of drug-likeness (QED) is 0.861. The molecule has 1 atom stereocenters. The third-order valence-corrected chi connectivity index (χ3v) is 5.39. The maximum absolute atomic E-state index is 12.3. The van der Waals surface area contributed by atoms with Gasteiger partial charge in [0, 0.05) is 13.1 Å². The molecular weight excluding hydrogens is 304 g/mol. The minimum Gasteiger partial charge on any atom is -0.412 e. The highest BCUT2D eigenvalue weighted by Crippen LogP contribution is 2.21. The Bertz CT molecular complexity index is 825. The third-order valence-electron chi connectivity index (χ3n) is 3.59. The number of para-hydroxylation sites is 2. The first-order valence-electron chi connectivity index (χ1n) is 7.02. The van der Waals surface area contributed by atoms with Crippen LogP contribution in [0.5, 0.6) is 0 Å². The summed E-state index contributed by atoms with van der Waals surface area (Å²) in [5, 5.41) is 0. The lowest BCUT2D eigenvalue weighted by Gasteiger charge is -2.10. The third kappa shape index (κ3) is 2.72. The van der Waals surface area contributed by atoms with Crippen molar-refractivity contribution >= 4 is 21.1 Å². The predicted octanol–water partition coefficient (Wildman–Crippen LogP) is 1.11. The molecule has 1 aromatic heterocycles. The van der Waals surface area contributed by atoms with Crippen molar-refractivity contribution in [2.45, 2.75) is 26.4 Å². The van der Waals surface area contributed by atoms with Gasteiger partial charge >= 0.3 is 0 Å². The number of rotatable bonds is 5. The molecule has 1 aromatic carbocycles. The highest BCUT2D eigenvalue weighted by atomic mass is 32.2. The SMILES string of the molecule is CC1=C(S(=O)(=O)NCCn2cnc3ccccc32)C(C)NO1. The van der Waals surface area contributed by atoms with Crippen molar-refractivity contribution in [1.29, 1.82) is 0 Å². The predicted molar refractivity (Wildman–Crippen MR) is 83.0 cm³/mol. The number of nitrogens with zero attached hydrogens (tertiary/aromatic N) is 2. The summed E-state index contributed by atoms with van der Waals surface area (Å²) in [6, 6.07) is 7.38. The zero-order valence-electron chi connectivity index (χ0n) is 12.4. The molecule has 8 heteroatoms. The van der Waals surface area contributed by atoms with Crippen molar-refractivity contribution in [3.05, 3.63) is 41.3 Å². The standard InChI is InChI=1S/C14H18N4O3S/c1-10-14(11(2)21-17-10)22(19,20)16-7-8-18-9-15-12-5-3-4-6-13(12)18/h3-6,9-10,16-17H,7-8H2,1-2H3. The molecule has 22 heavy (non-hydrogen) atoms. The van der Waals surface area contributed by atoms with Gasteiger partial charge in [0.25, 0.3) is 0 Å². The summed E-state index contributed by atoms with van der Waals surface area (Å²) in [5.74, 6) is 0.382. The van der Waals surface area contributed by atoms with E-state index in [-0.39, 0.29) is 17.5 Å². The Labute approximate surface area is 129 Å². The molecule has 0 spiro atoms. The number of hydroxylamine groups is 1. The Balaban J connectivity index is 1.69. The second kappa shape index (κ2) is 5.71. The van der Waals surface area contributed by atoms with Crippen LogP contribution < -0.4 is 10.2 Å². The summed E-state index contributed by atoms with van der Waals surface area (Å²) in [4.78, 5) is 9.60. The van der Waals surface area contributed by atoms with E-state index in [4.69, 9.17) is 4.84 Å². The van der Waals surface area contributed by atoms with Gasteiger partial charge in [0.15, 0.2) is 0 Å². The topological polar surface area (TPSA) is 85.2 Å². The summed E-state index contributed by atoms with van der Waals surface area (Å²) < 4.78 is 29.2. The molecular formula is C14H18N4O3S. The van der Waals surface area contributed by atoms with Crippen LogP contribution in [0.1, 0.15) is 13.8 Å². The van der Waals surface area contributed by atoms with E-state index in [2.05, 4.69) is 15.2 Å². The summed E-state index contributed by atoms with van der Waals surface area (Å²) in [7, 11) is -3.56. The first kappa shape index (κ1) is 15.0. The maximum Gasteiger partial charge on any atom is 0.241 e. The summed E-state index contributed by atoms with van der Waals surface area (Å²) >= 11 is 0. The van der Waals surface area contributed by atoms with Gasteiger partial charge in [-0.25, -0.2) is 18.1 Å². The average Bonchev–Trinajstić information content (AvgIpc) is 3.03. The Morgan fingerprint density at radius 3 is 2.91 bits per heavy atom. The molecule has 2 heterocycles. The van der Waals surface area contributed by atoms with Gasteiger partial charge in [-0.2, -0.15) is 0 Å². The molecule has 0 radical (unpaired) electrons. The minimum absolute atomic E-state index is 0.253. The van der Waals surface area contributed by atoms with Crippen LogP contribution in [-0.2, 0) is 21.4 Å². The lowest BCUT2D eigenvalue weighted by atomic mass is 10.3. The van der Waals surface area contributed by atoms with Crippen LogP contribution in [0.15, 0.2) is 41.3 Å². The van der Waals surface area contributed by atoms with Crippen LogP contribution in [0, 0.1) is 0 Å². The average molecular weight is 322 g/mol. The number of hydrogen-bond donors (Lipinski definition) is 2. The number of benzene rings is 1. The molecule has 7 nitrogen and oxygen atoms in total. The van der Waals surface area contributed by atoms with Gasteiger partial charge in [-0.3, -0.25) is 0 Å². The van der Waals surface area contributed by atoms with Crippen LogP contribution in [-0.4, -0.2) is 30.6 Å². The molecule has 2 aromatic rings. The van der Waals surface area contributed by atoms with E-state index >= 15 is 0 Å². The van der Waals surface area contributed by atoms with Gasteiger partial charge in [-0.1, -0.05) is 12.1 Å². The summed E-state index contributed by atoms with van der Waals surface area (Å²) in [6.07, 6.45) is 1.71. The molecule has 1 aliphatic rings. The fourth-order valence-corrected chi connectivity index (χ4v) is 4.02. The van der Waals surface area contributed by atoms with E-state index in [9.17, 15) is 8.42 Å². The Hall–Kier alpha value is -1.90. The maximum atomic E-state index is 12.3. The smallest absolute Gasteiger partial charge is 0.241 e. The van der Waals surface area contributed by atoms with Gasteiger partial charge in [0.2, 0.25) is 10.0 Å². The van der Waals surface area contributed by atoms with E-state index in [0.717, 1.165) is 11.0 Å². The van der Waals surface area contributed by atoms with E-state index in [1.54, 1.807) is 20.2 Å². The first-order chi connectivity index (χ1) is 10.5. The second-order valence-electron chi connectivity index (χ2n) is 5.19. The Morgan fingerprint density at radius 1 is 1.41 bits per heavy atom. The monoisotopic (exact) mass is 322 g/mol. The van der Waals surface area contributed by atoms with Gasteiger partial charge in [0.1, 0.15) is 10.7 Å². The number of fused-ring (bicyclic) bond motifs is 1. The molecule has 0 amide bonds. The number of hydrogen-bond acceptors (Lipinski definition) is 5. The van der Waals surface area contributed by atoms with E-state index in [1.807, 2.05) is 28.8 Å². The molecule has 3 rings (SSSR count). The summed E-state index contributed by atoms with van der Waals surface area (Å²) in [6.45, 7) is 4.17. The largest absolute Gasteiger partial charge is 0.412 e. The van der Waals surface area contributed by atoms with Crippen LogP contribution in [0.2, 0.25) is 0 Å². The first-order valence-corrected chi connectivity index (χ1v) is 8.50. The van der Waals surface area contributed by atoms with Crippen LogP contribution >= 0.6 is 0 Å². The lowest BCUT2D eigenvalue weighted by molar-refractivity contribution is 0.121. The van der Waals surface area contributed by atoms with Crippen LogP contribution in [0.3, 0.4) is 0 Å². The zero-order valence-corrected chi connectivity index (χ0v) is 13.2. The van der Waals surface area contributed by atoms with Gasteiger partial charge in [-0.15, -0.1) is 5.48 Å². The Morgan fingerprint density at radius 2 is 2.18 bits per heavy atom. The van der Waals surface area contributed by atoms with Gasteiger partial charge in [-0.05, 0) is 26.0 Å². The van der Waals surface area contributed by atoms with Crippen molar-refractivity contribution in [2.75, 3.05) is 6.54 Å².